The molecule has 0 spiro atoms. The zero-order valence-electron chi connectivity index (χ0n) is 37.0. The molecule has 1 aliphatic heterocycles. The zero-order chi connectivity index (χ0) is 46.7. The Kier molecular flexibility index (Phi) is 15.0. The fraction of sp³-hybridized carbons (Fsp3) is 0.587. The summed E-state index contributed by atoms with van der Waals surface area (Å²) in [4.78, 5) is 67.5. The third kappa shape index (κ3) is 10.6. The summed E-state index contributed by atoms with van der Waals surface area (Å²) in [6.07, 6.45) is -9.44. The topological polar surface area (TPSA) is 257 Å². The van der Waals surface area contributed by atoms with Gasteiger partial charge in [-0.15, -0.1) is 0 Å². The van der Waals surface area contributed by atoms with Crippen LogP contribution in [0.15, 0.2) is 72.3 Å². The molecule has 1 unspecified atom stereocenters. The van der Waals surface area contributed by atoms with Crippen LogP contribution in [0.5, 0.6) is 0 Å². The Morgan fingerprint density at radius 3 is 2.10 bits per heavy atom. The summed E-state index contributed by atoms with van der Waals surface area (Å²) in [6.45, 7) is 11.0. The van der Waals surface area contributed by atoms with Crippen molar-refractivity contribution in [2.75, 3.05) is 19.7 Å². The molecule has 0 bridgehead atoms. The van der Waals surface area contributed by atoms with Gasteiger partial charge in [0.2, 0.25) is 6.10 Å². The minimum Gasteiger partial charge on any atom is -0.460 e. The van der Waals surface area contributed by atoms with Gasteiger partial charge >= 0.3 is 24.0 Å². The summed E-state index contributed by atoms with van der Waals surface area (Å²) in [6, 6.07) is 15.7. The van der Waals surface area contributed by atoms with E-state index in [1.165, 1.54) is 13.8 Å². The minimum absolute atomic E-state index is 0.00485. The fourth-order valence-corrected chi connectivity index (χ4v) is 9.01. The number of fused-ring (bicyclic) bond motifs is 1. The molecule has 2 aromatic carbocycles. The van der Waals surface area contributed by atoms with Crippen LogP contribution in [0.3, 0.4) is 0 Å². The molecule has 5 rings (SSSR count). The van der Waals surface area contributed by atoms with Crippen molar-refractivity contribution in [3.05, 3.63) is 83.4 Å². The van der Waals surface area contributed by atoms with Crippen molar-refractivity contribution in [3.8, 4) is 0 Å². The Bertz CT molecular complexity index is 2000. The highest BCUT2D eigenvalue weighted by atomic mass is 16.6. The second-order valence-electron chi connectivity index (χ2n) is 18.6. The first-order valence-corrected chi connectivity index (χ1v) is 21.0. The summed E-state index contributed by atoms with van der Waals surface area (Å²) in [5, 5.41) is 64.3. The molecule has 2 fully saturated rings. The van der Waals surface area contributed by atoms with Gasteiger partial charge in [-0.1, -0.05) is 80.6 Å². The third-order valence-corrected chi connectivity index (χ3v) is 12.5. The summed E-state index contributed by atoms with van der Waals surface area (Å²) >= 11 is 0. The molecule has 0 radical (unpaired) electrons. The molecule has 11 atom stereocenters. The third-order valence-electron chi connectivity index (χ3n) is 12.5. The lowest BCUT2D eigenvalue weighted by Gasteiger charge is -2.64. The zero-order valence-corrected chi connectivity index (χ0v) is 37.0. The van der Waals surface area contributed by atoms with Crippen molar-refractivity contribution in [1.82, 2.24) is 10.6 Å². The first-order valence-electron chi connectivity index (χ1n) is 21.0. The summed E-state index contributed by atoms with van der Waals surface area (Å²) in [5.41, 5.74) is -7.01. The highest BCUT2D eigenvalue weighted by Crippen LogP contribution is 2.58. The van der Waals surface area contributed by atoms with Crippen LogP contribution in [0, 0.1) is 16.7 Å². The van der Waals surface area contributed by atoms with E-state index in [1.807, 2.05) is 6.07 Å². The number of esters is 3. The summed E-state index contributed by atoms with van der Waals surface area (Å²) in [7, 11) is 0. The van der Waals surface area contributed by atoms with Gasteiger partial charge in [-0.25, -0.2) is 9.59 Å². The molecule has 1 saturated heterocycles. The molecule has 346 valence electrons. The van der Waals surface area contributed by atoms with Gasteiger partial charge in [0.05, 0.1) is 43.4 Å². The monoisotopic (exact) mass is 882 g/mol. The van der Waals surface area contributed by atoms with E-state index in [9.17, 15) is 49.5 Å². The maximum atomic E-state index is 14.6. The number of benzene rings is 2. The number of aliphatic hydroxyl groups excluding tert-OH is 3. The molecule has 2 aliphatic carbocycles. The molecule has 3 aliphatic rings. The average Bonchev–Trinajstić information content (AvgIpc) is 3.20. The highest BCUT2D eigenvalue weighted by Gasteiger charge is 2.72. The van der Waals surface area contributed by atoms with Crippen LogP contribution in [-0.4, -0.2) is 128 Å². The standard InChI is InChI=1S/C46H62N2O15/c1-26-20-43(6,7)46(58,39(54)37-44(8,38(53)27(2)49)31(50)19-32-45(37,57)25-60-32)21-30(26)61-40(55)36(35(29-17-13-10-14-18-29)48-41(56)63-42(3,4)5)62-34(52)23-47-22-33(51)59-24-28-15-11-9-12-16-28/h9-18,20,27,30-32,35-37,39,47,49-50,54,57-58H,19,21-25H2,1-8H3,(H,48,56)/t27-,30+,31+,32?,35+,36-,37+,39+,44-,45+,46-/m1/s1. The fourth-order valence-electron chi connectivity index (χ4n) is 9.01. The summed E-state index contributed by atoms with van der Waals surface area (Å²) in [5.74, 6) is -5.32. The van der Waals surface area contributed by atoms with E-state index < -0.39 is 119 Å². The Morgan fingerprint density at radius 2 is 1.52 bits per heavy atom. The van der Waals surface area contributed by atoms with Crippen molar-refractivity contribution in [1.29, 1.82) is 0 Å². The van der Waals surface area contributed by atoms with E-state index in [2.05, 4.69) is 10.6 Å². The first-order chi connectivity index (χ1) is 29.3. The van der Waals surface area contributed by atoms with Gasteiger partial charge in [-0.05, 0) is 58.2 Å². The van der Waals surface area contributed by atoms with Gasteiger partial charge in [-0.2, -0.15) is 0 Å². The number of aliphatic hydroxyl groups is 5. The molecule has 7 N–H and O–H groups in total. The van der Waals surface area contributed by atoms with Crippen molar-refractivity contribution < 1.29 is 73.2 Å². The molecule has 17 nitrogen and oxygen atoms in total. The van der Waals surface area contributed by atoms with Crippen molar-refractivity contribution in [3.63, 3.8) is 0 Å². The lowest BCUT2D eigenvalue weighted by molar-refractivity contribution is -0.342. The van der Waals surface area contributed by atoms with E-state index in [1.54, 1.807) is 102 Å². The van der Waals surface area contributed by atoms with Crippen molar-refractivity contribution in [2.45, 2.75) is 134 Å². The predicted molar refractivity (Wildman–Crippen MR) is 224 cm³/mol. The second kappa shape index (κ2) is 19.2. The normalized spacial score (nSPS) is 29.5. The SMILES string of the molecule is CC1=CC(C)(C)[C@](O)([C@@H](O)[C@H]2[C@](C)(C(=O)[C@@H](C)O)[C@@H](O)CC3OC[C@]32O)C[C@@H]1OC(=O)[C@H](OC(=O)CNCC(=O)OCc1ccccc1)[C@@H](NC(=O)OC(C)(C)C)c1ccccc1. The van der Waals surface area contributed by atoms with Crippen LogP contribution in [0.25, 0.3) is 0 Å². The minimum atomic E-state index is -2.30. The number of rotatable bonds is 16. The van der Waals surface area contributed by atoms with Gasteiger partial charge in [0.15, 0.2) is 5.78 Å². The van der Waals surface area contributed by atoms with Gasteiger partial charge < -0.3 is 54.5 Å². The number of nitrogens with one attached hydrogen (secondary N) is 2. The highest BCUT2D eigenvalue weighted by molar-refractivity contribution is 5.89. The first kappa shape index (κ1) is 49.3. The Hall–Kier alpha value is -4.75. The lowest BCUT2D eigenvalue weighted by atomic mass is 9.48. The number of carbonyl (C=O) groups excluding carboxylic acids is 5. The molecule has 0 aromatic heterocycles. The number of hydrogen-bond donors (Lipinski definition) is 7. The van der Waals surface area contributed by atoms with E-state index >= 15 is 0 Å². The number of ether oxygens (including phenoxy) is 5. The van der Waals surface area contributed by atoms with Crippen LogP contribution in [-0.2, 0) is 49.5 Å². The molecular formula is C46H62N2O15. The largest absolute Gasteiger partial charge is 0.460 e. The predicted octanol–water partition coefficient (Wildman–Crippen LogP) is 2.34. The number of ketones is 1. The second-order valence-corrected chi connectivity index (χ2v) is 18.6. The van der Waals surface area contributed by atoms with Crippen LogP contribution < -0.4 is 10.6 Å². The van der Waals surface area contributed by atoms with E-state index in [0.717, 1.165) is 5.56 Å². The van der Waals surface area contributed by atoms with Crippen molar-refractivity contribution in [2.24, 2.45) is 16.7 Å². The van der Waals surface area contributed by atoms with Crippen LogP contribution in [0.4, 0.5) is 4.79 Å². The maximum Gasteiger partial charge on any atom is 0.408 e. The molecular weight excluding hydrogens is 821 g/mol. The van der Waals surface area contributed by atoms with E-state index in [4.69, 9.17) is 23.7 Å². The molecule has 17 heteroatoms. The van der Waals surface area contributed by atoms with E-state index in [-0.39, 0.29) is 26.2 Å². The van der Waals surface area contributed by atoms with Crippen LogP contribution >= 0.6 is 0 Å². The van der Waals surface area contributed by atoms with Gasteiger partial charge in [0, 0.05) is 24.2 Å². The molecule has 2 aromatic rings. The quantitative estimate of drug-likeness (QED) is 0.0726. The average molecular weight is 883 g/mol. The summed E-state index contributed by atoms with van der Waals surface area (Å²) < 4.78 is 28.1. The van der Waals surface area contributed by atoms with Gasteiger partial charge in [0.25, 0.3) is 0 Å². The number of alkyl carbamates (subject to hydrolysis) is 1. The number of carbonyl (C=O) groups is 5. The number of amides is 1. The number of Topliss-reactive ketones (excluding diaryl/α,β-unsaturated/α-hetero) is 1. The number of hydrogen-bond acceptors (Lipinski definition) is 16. The molecule has 1 amide bonds. The van der Waals surface area contributed by atoms with Crippen LogP contribution in [0.1, 0.15) is 85.4 Å². The van der Waals surface area contributed by atoms with Gasteiger partial charge in [0.1, 0.15) is 41.7 Å². The maximum absolute atomic E-state index is 14.6. The lowest BCUT2D eigenvalue weighted by Crippen LogP contribution is -2.79. The molecule has 1 saturated carbocycles. The van der Waals surface area contributed by atoms with E-state index in [0.29, 0.717) is 11.1 Å². The Morgan fingerprint density at radius 1 is 0.921 bits per heavy atom. The smallest absolute Gasteiger partial charge is 0.408 e. The van der Waals surface area contributed by atoms with Gasteiger partial charge in [-0.3, -0.25) is 19.7 Å². The van der Waals surface area contributed by atoms with Crippen LogP contribution in [0.2, 0.25) is 0 Å². The Labute approximate surface area is 367 Å². The molecule has 1 heterocycles. The van der Waals surface area contributed by atoms with Crippen molar-refractivity contribution >= 4 is 29.8 Å². The Balaban J connectivity index is 1.44. The molecule has 63 heavy (non-hydrogen) atoms.